The predicted octanol–water partition coefficient (Wildman–Crippen LogP) is 3.86. The summed E-state index contributed by atoms with van der Waals surface area (Å²) >= 11 is 1.56. The number of phenols is 1. The van der Waals surface area contributed by atoms with Gasteiger partial charge in [-0.05, 0) is 61.4 Å². The summed E-state index contributed by atoms with van der Waals surface area (Å²) in [6, 6.07) is 14.0. The molecule has 0 fully saturated rings. The summed E-state index contributed by atoms with van der Waals surface area (Å²) in [7, 11) is 1.47. The lowest BCUT2D eigenvalue weighted by molar-refractivity contribution is 0.0955. The Balaban J connectivity index is 1.55. The number of amides is 1. The number of aryl methyl sites for hydroxylation is 2. The van der Waals surface area contributed by atoms with Gasteiger partial charge < -0.3 is 9.84 Å². The minimum Gasteiger partial charge on any atom is -0.504 e. The number of hydrogen-bond acceptors (Lipinski definition) is 7. The number of carbonyl (C=O) groups excluding carboxylic acids is 1. The average molecular weight is 423 g/mol. The van der Waals surface area contributed by atoms with E-state index in [2.05, 4.69) is 20.5 Å². The molecule has 2 aromatic carbocycles. The first-order chi connectivity index (χ1) is 14.4. The average Bonchev–Trinajstić information content (AvgIpc) is 2.73. The van der Waals surface area contributed by atoms with Crippen LogP contribution in [0.1, 0.15) is 32.9 Å². The molecule has 0 saturated heterocycles. The van der Waals surface area contributed by atoms with Gasteiger partial charge in [0.05, 0.1) is 13.3 Å². The monoisotopic (exact) mass is 422 g/mol. The second-order valence-electron chi connectivity index (χ2n) is 6.55. The zero-order valence-corrected chi connectivity index (χ0v) is 17.7. The van der Waals surface area contributed by atoms with Crippen LogP contribution < -0.4 is 10.2 Å². The zero-order valence-electron chi connectivity index (χ0n) is 16.9. The number of thioether (sulfide) groups is 1. The van der Waals surface area contributed by atoms with Crippen molar-refractivity contribution in [2.75, 3.05) is 7.11 Å². The highest BCUT2D eigenvalue weighted by Crippen LogP contribution is 2.25. The molecule has 0 bridgehead atoms. The number of nitrogens with one attached hydrogen (secondary N) is 1. The van der Waals surface area contributed by atoms with E-state index in [0.29, 0.717) is 22.6 Å². The number of carbonyl (C=O) groups is 1. The summed E-state index contributed by atoms with van der Waals surface area (Å²) in [5.41, 5.74) is 6.65. The maximum atomic E-state index is 12.3. The van der Waals surface area contributed by atoms with Crippen LogP contribution >= 0.6 is 11.8 Å². The number of rotatable bonds is 7. The molecule has 0 aliphatic heterocycles. The second kappa shape index (κ2) is 9.89. The highest BCUT2D eigenvalue weighted by atomic mass is 32.2. The smallest absolute Gasteiger partial charge is 0.271 e. The number of aromatic nitrogens is 2. The van der Waals surface area contributed by atoms with Crippen molar-refractivity contribution in [1.29, 1.82) is 0 Å². The Morgan fingerprint density at radius 2 is 1.83 bits per heavy atom. The van der Waals surface area contributed by atoms with Crippen LogP contribution in [0.15, 0.2) is 58.8 Å². The number of hydrogen-bond donors (Lipinski definition) is 2. The van der Waals surface area contributed by atoms with E-state index in [1.54, 1.807) is 36.0 Å². The molecule has 2 N–H and O–H groups in total. The molecular weight excluding hydrogens is 400 g/mol. The molecular formula is C22H22N4O3S. The molecule has 30 heavy (non-hydrogen) atoms. The largest absolute Gasteiger partial charge is 0.504 e. The summed E-state index contributed by atoms with van der Waals surface area (Å²) in [5, 5.41) is 14.3. The van der Waals surface area contributed by atoms with Gasteiger partial charge in [-0.2, -0.15) is 5.10 Å². The molecule has 0 aliphatic carbocycles. The number of hydrazone groups is 1. The van der Waals surface area contributed by atoms with Crippen molar-refractivity contribution in [3.63, 3.8) is 0 Å². The van der Waals surface area contributed by atoms with E-state index in [1.807, 2.05) is 32.0 Å². The van der Waals surface area contributed by atoms with Gasteiger partial charge in [-0.1, -0.05) is 23.9 Å². The third kappa shape index (κ3) is 5.81. The van der Waals surface area contributed by atoms with Gasteiger partial charge >= 0.3 is 0 Å². The fourth-order valence-electron chi connectivity index (χ4n) is 2.66. The number of aromatic hydroxyl groups is 1. The van der Waals surface area contributed by atoms with Crippen LogP contribution in [0.3, 0.4) is 0 Å². The first-order valence-electron chi connectivity index (χ1n) is 9.19. The minimum absolute atomic E-state index is 0.0426. The fourth-order valence-corrected chi connectivity index (χ4v) is 3.57. The minimum atomic E-state index is -0.311. The van der Waals surface area contributed by atoms with Gasteiger partial charge in [0.25, 0.3) is 5.91 Å². The molecule has 1 heterocycles. The van der Waals surface area contributed by atoms with Crippen molar-refractivity contribution >= 4 is 23.9 Å². The van der Waals surface area contributed by atoms with Gasteiger partial charge in [-0.3, -0.25) is 4.79 Å². The third-order valence-electron chi connectivity index (χ3n) is 4.13. The van der Waals surface area contributed by atoms with Crippen LogP contribution in [0, 0.1) is 13.8 Å². The number of nitrogens with zero attached hydrogens (tertiary/aromatic N) is 3. The number of methoxy groups -OCH3 is 1. The summed E-state index contributed by atoms with van der Waals surface area (Å²) in [4.78, 5) is 21.1. The van der Waals surface area contributed by atoms with E-state index in [9.17, 15) is 9.90 Å². The Kier molecular flexibility index (Phi) is 7.03. The molecule has 3 rings (SSSR count). The molecule has 0 spiro atoms. The highest BCUT2D eigenvalue weighted by Gasteiger charge is 2.06. The van der Waals surface area contributed by atoms with Crippen molar-refractivity contribution in [1.82, 2.24) is 15.4 Å². The predicted molar refractivity (Wildman–Crippen MR) is 117 cm³/mol. The summed E-state index contributed by atoms with van der Waals surface area (Å²) in [6.07, 6.45) is 1.48. The molecule has 0 unspecified atom stereocenters. The number of phenolic OH excluding ortho intramolecular Hbond substituents is 1. The maximum Gasteiger partial charge on any atom is 0.271 e. The number of ether oxygens (including phenoxy) is 1. The van der Waals surface area contributed by atoms with Crippen molar-refractivity contribution in [2.45, 2.75) is 24.8 Å². The molecule has 7 nitrogen and oxygen atoms in total. The number of benzene rings is 2. The van der Waals surface area contributed by atoms with Crippen molar-refractivity contribution in [2.24, 2.45) is 5.10 Å². The molecule has 0 saturated carbocycles. The molecule has 8 heteroatoms. The van der Waals surface area contributed by atoms with Crippen LogP contribution in [0.4, 0.5) is 0 Å². The lowest BCUT2D eigenvalue weighted by Gasteiger charge is -2.05. The fraction of sp³-hybridized carbons (Fsp3) is 0.182. The Morgan fingerprint density at radius 1 is 1.13 bits per heavy atom. The van der Waals surface area contributed by atoms with E-state index < -0.39 is 0 Å². The highest BCUT2D eigenvalue weighted by molar-refractivity contribution is 7.98. The quantitative estimate of drug-likeness (QED) is 0.260. The van der Waals surface area contributed by atoms with Crippen molar-refractivity contribution in [3.8, 4) is 11.5 Å². The normalized spacial score (nSPS) is 10.9. The van der Waals surface area contributed by atoms with Crippen molar-refractivity contribution in [3.05, 3.63) is 76.6 Å². The van der Waals surface area contributed by atoms with E-state index in [4.69, 9.17) is 4.74 Å². The Bertz CT molecular complexity index is 1050. The van der Waals surface area contributed by atoms with E-state index in [1.165, 1.54) is 19.4 Å². The Labute approximate surface area is 179 Å². The first-order valence-corrected chi connectivity index (χ1v) is 10.2. The van der Waals surface area contributed by atoms with Gasteiger partial charge in [0.2, 0.25) is 0 Å². The SMILES string of the molecule is COc1cc(/C=N/NC(=O)c2ccc(CSc3nc(C)cc(C)n3)cc2)ccc1O. The van der Waals surface area contributed by atoms with E-state index in [-0.39, 0.29) is 11.7 Å². The van der Waals surface area contributed by atoms with Crippen LogP contribution in [0.25, 0.3) is 0 Å². The summed E-state index contributed by atoms with van der Waals surface area (Å²) in [6.45, 7) is 3.90. The standard InChI is InChI=1S/C22H22N4O3S/c1-14-10-15(2)25-22(24-14)30-13-16-4-7-18(8-5-16)21(28)26-23-12-17-6-9-19(27)20(11-17)29-3/h4-12,27H,13H2,1-3H3,(H,26,28)/b23-12+. The molecule has 0 aliphatic rings. The summed E-state index contributed by atoms with van der Waals surface area (Å²) in [5.74, 6) is 0.783. The van der Waals surface area contributed by atoms with Crippen molar-refractivity contribution < 1.29 is 14.6 Å². The van der Waals surface area contributed by atoms with Crippen LogP contribution in [0.5, 0.6) is 11.5 Å². The molecule has 0 radical (unpaired) electrons. The van der Waals surface area contributed by atoms with Crippen LogP contribution in [0.2, 0.25) is 0 Å². The second-order valence-corrected chi connectivity index (χ2v) is 7.49. The third-order valence-corrected chi connectivity index (χ3v) is 5.05. The molecule has 1 aromatic heterocycles. The topological polar surface area (TPSA) is 96.7 Å². The zero-order chi connectivity index (χ0) is 21.5. The maximum absolute atomic E-state index is 12.3. The Hall–Kier alpha value is -3.39. The lowest BCUT2D eigenvalue weighted by atomic mass is 10.1. The summed E-state index contributed by atoms with van der Waals surface area (Å²) < 4.78 is 5.04. The van der Waals surface area contributed by atoms with Gasteiger partial charge in [0, 0.05) is 22.7 Å². The van der Waals surface area contributed by atoms with Crippen LogP contribution in [-0.2, 0) is 5.75 Å². The van der Waals surface area contributed by atoms with E-state index in [0.717, 1.165) is 22.1 Å². The van der Waals surface area contributed by atoms with Gasteiger partial charge in [-0.25, -0.2) is 15.4 Å². The molecule has 0 atom stereocenters. The lowest BCUT2D eigenvalue weighted by Crippen LogP contribution is -2.17. The molecule has 154 valence electrons. The van der Waals surface area contributed by atoms with E-state index >= 15 is 0 Å². The van der Waals surface area contributed by atoms with Crippen LogP contribution in [-0.4, -0.2) is 34.3 Å². The Morgan fingerprint density at radius 3 is 2.50 bits per heavy atom. The van der Waals surface area contributed by atoms with Gasteiger partial charge in [0.15, 0.2) is 16.7 Å². The first kappa shape index (κ1) is 21.3. The van der Waals surface area contributed by atoms with Gasteiger partial charge in [-0.15, -0.1) is 0 Å². The van der Waals surface area contributed by atoms with Gasteiger partial charge in [0.1, 0.15) is 0 Å². The molecule has 1 amide bonds. The molecule has 3 aromatic rings.